The number of carbonyl (C=O) groups is 2. The summed E-state index contributed by atoms with van der Waals surface area (Å²) in [6.07, 6.45) is 2.18. The highest BCUT2D eigenvalue weighted by atomic mass is 16.4. The molecule has 114 valence electrons. The largest absolute Gasteiger partial charge is 0.478 e. The highest BCUT2D eigenvalue weighted by molar-refractivity contribution is 6.02. The average molecular weight is 306 g/mol. The maximum absolute atomic E-state index is 10.8. The van der Waals surface area contributed by atoms with E-state index >= 15 is 0 Å². The number of aromatic nitrogens is 1. The molecule has 2 N–H and O–H groups in total. The molecule has 0 saturated heterocycles. The van der Waals surface area contributed by atoms with E-state index in [2.05, 4.69) is 10.3 Å². The number of rotatable bonds is 1. The first-order chi connectivity index (χ1) is 11.1. The Hall–Kier alpha value is -3.21. The van der Waals surface area contributed by atoms with Gasteiger partial charge in [0.05, 0.1) is 17.5 Å². The number of carboxylic acids is 1. The number of carboxylic acid groups (broad SMARTS) is 1. The predicted octanol–water partition coefficient (Wildman–Crippen LogP) is 3.11. The number of carbonyl (C=O) groups excluding carboxylic acids is 1. The topological polar surface area (TPSA) is 79.3 Å². The number of aromatic carboxylic acids is 1. The molecule has 0 spiro atoms. The van der Waals surface area contributed by atoms with Crippen LogP contribution in [0.3, 0.4) is 0 Å². The molecule has 5 nitrogen and oxygen atoms in total. The molecule has 1 aromatic heterocycles. The molecule has 1 aliphatic heterocycles. The number of fused-ring (bicyclic) bond motifs is 2. The smallest absolute Gasteiger partial charge is 0.336 e. The van der Waals surface area contributed by atoms with Crippen molar-refractivity contribution in [1.29, 1.82) is 0 Å². The van der Waals surface area contributed by atoms with E-state index in [0.29, 0.717) is 22.9 Å². The molecular formula is C18H14N2O3. The highest BCUT2D eigenvalue weighted by Crippen LogP contribution is 2.21. The van der Waals surface area contributed by atoms with Gasteiger partial charge >= 0.3 is 5.97 Å². The SMILES string of the molecule is O=C(O)c1cccc2ncccc12.O=C1Cc2ccccc2N1. The second-order valence-corrected chi connectivity index (χ2v) is 5.06. The first kappa shape index (κ1) is 14.7. The minimum absolute atomic E-state index is 0.0983. The second-order valence-electron chi connectivity index (χ2n) is 5.06. The van der Waals surface area contributed by atoms with Crippen molar-refractivity contribution in [2.45, 2.75) is 6.42 Å². The number of para-hydroxylation sites is 1. The molecule has 0 radical (unpaired) electrons. The number of pyridine rings is 1. The van der Waals surface area contributed by atoms with Crippen LogP contribution in [0.25, 0.3) is 10.9 Å². The van der Waals surface area contributed by atoms with Crippen molar-refractivity contribution < 1.29 is 14.7 Å². The molecular weight excluding hydrogens is 292 g/mol. The van der Waals surface area contributed by atoms with Crippen LogP contribution >= 0.6 is 0 Å². The van der Waals surface area contributed by atoms with Crippen LogP contribution in [-0.4, -0.2) is 22.0 Å². The Morgan fingerprint density at radius 2 is 1.87 bits per heavy atom. The van der Waals surface area contributed by atoms with Crippen molar-refractivity contribution in [2.24, 2.45) is 0 Å². The van der Waals surface area contributed by atoms with Crippen molar-refractivity contribution in [1.82, 2.24) is 4.98 Å². The number of hydrogen-bond donors (Lipinski definition) is 2. The number of nitrogens with one attached hydrogen (secondary N) is 1. The number of amides is 1. The molecule has 5 heteroatoms. The Kier molecular flexibility index (Phi) is 4.01. The Balaban J connectivity index is 0.000000140. The van der Waals surface area contributed by atoms with Gasteiger partial charge in [0.1, 0.15) is 0 Å². The van der Waals surface area contributed by atoms with Crippen LogP contribution in [0.4, 0.5) is 5.69 Å². The number of benzene rings is 2. The summed E-state index contributed by atoms with van der Waals surface area (Å²) in [6.45, 7) is 0. The zero-order valence-corrected chi connectivity index (χ0v) is 12.2. The Morgan fingerprint density at radius 1 is 1.04 bits per heavy atom. The Bertz CT molecular complexity index is 858. The van der Waals surface area contributed by atoms with Gasteiger partial charge in [-0.05, 0) is 29.8 Å². The molecule has 2 heterocycles. The summed E-state index contributed by atoms with van der Waals surface area (Å²) in [7, 11) is 0. The summed E-state index contributed by atoms with van der Waals surface area (Å²) >= 11 is 0. The van der Waals surface area contributed by atoms with Crippen LogP contribution in [-0.2, 0) is 11.2 Å². The van der Waals surface area contributed by atoms with E-state index in [1.54, 1.807) is 36.5 Å². The van der Waals surface area contributed by atoms with Crippen molar-refractivity contribution in [3.05, 3.63) is 71.9 Å². The number of anilines is 1. The monoisotopic (exact) mass is 306 g/mol. The van der Waals surface area contributed by atoms with Crippen LogP contribution in [0.15, 0.2) is 60.8 Å². The van der Waals surface area contributed by atoms with Crippen molar-refractivity contribution in [3.8, 4) is 0 Å². The minimum atomic E-state index is -0.918. The standard InChI is InChI=1S/C10H7NO2.C8H7NO/c12-10(13)8-3-1-5-9-7(8)4-2-6-11-9;10-8-5-6-3-1-2-4-7(6)9-8/h1-6H,(H,12,13);1-4H,5H2,(H,9,10). The summed E-state index contributed by atoms with van der Waals surface area (Å²) in [5.41, 5.74) is 3.08. The van der Waals surface area contributed by atoms with E-state index in [-0.39, 0.29) is 5.91 Å². The summed E-state index contributed by atoms with van der Waals surface area (Å²) in [4.78, 5) is 25.6. The van der Waals surface area contributed by atoms with E-state index in [0.717, 1.165) is 11.3 Å². The maximum atomic E-state index is 10.8. The van der Waals surface area contributed by atoms with Gasteiger partial charge in [0, 0.05) is 17.3 Å². The van der Waals surface area contributed by atoms with E-state index in [1.165, 1.54) is 0 Å². The van der Waals surface area contributed by atoms with Crippen LogP contribution in [0, 0.1) is 0 Å². The molecule has 0 bridgehead atoms. The van der Waals surface area contributed by atoms with Crippen LogP contribution in [0.2, 0.25) is 0 Å². The molecule has 1 aliphatic rings. The summed E-state index contributed by atoms with van der Waals surface area (Å²) in [6, 6.07) is 16.3. The first-order valence-electron chi connectivity index (χ1n) is 7.10. The lowest BCUT2D eigenvalue weighted by molar-refractivity contribution is -0.115. The van der Waals surface area contributed by atoms with Crippen molar-refractivity contribution in [3.63, 3.8) is 0 Å². The lowest BCUT2D eigenvalue weighted by atomic mass is 10.1. The summed E-state index contributed by atoms with van der Waals surface area (Å²) < 4.78 is 0. The second kappa shape index (κ2) is 6.27. The molecule has 0 fully saturated rings. The number of hydrogen-bond acceptors (Lipinski definition) is 3. The molecule has 0 unspecified atom stereocenters. The first-order valence-corrected chi connectivity index (χ1v) is 7.10. The zero-order chi connectivity index (χ0) is 16.2. The minimum Gasteiger partial charge on any atom is -0.478 e. The van der Waals surface area contributed by atoms with E-state index in [4.69, 9.17) is 5.11 Å². The van der Waals surface area contributed by atoms with Gasteiger partial charge in [-0.3, -0.25) is 9.78 Å². The van der Waals surface area contributed by atoms with E-state index in [9.17, 15) is 9.59 Å². The molecule has 0 aliphatic carbocycles. The molecule has 2 aromatic carbocycles. The fourth-order valence-electron chi connectivity index (χ4n) is 2.45. The van der Waals surface area contributed by atoms with Gasteiger partial charge in [-0.1, -0.05) is 30.3 Å². The van der Waals surface area contributed by atoms with Crippen LogP contribution in [0.5, 0.6) is 0 Å². The van der Waals surface area contributed by atoms with Crippen LogP contribution < -0.4 is 5.32 Å². The van der Waals surface area contributed by atoms with Gasteiger partial charge in [-0.15, -0.1) is 0 Å². The number of nitrogens with zero attached hydrogens (tertiary/aromatic N) is 1. The molecule has 3 aromatic rings. The third kappa shape index (κ3) is 3.18. The molecule has 1 amide bonds. The van der Waals surface area contributed by atoms with Crippen molar-refractivity contribution in [2.75, 3.05) is 5.32 Å². The molecule has 0 atom stereocenters. The third-order valence-electron chi connectivity index (χ3n) is 3.52. The van der Waals surface area contributed by atoms with Gasteiger partial charge in [0.2, 0.25) is 5.91 Å². The lowest BCUT2D eigenvalue weighted by Gasteiger charge is -1.99. The van der Waals surface area contributed by atoms with Gasteiger partial charge < -0.3 is 10.4 Å². The Labute approximate surface area is 132 Å². The third-order valence-corrected chi connectivity index (χ3v) is 3.52. The maximum Gasteiger partial charge on any atom is 0.336 e. The summed E-state index contributed by atoms with van der Waals surface area (Å²) in [5.74, 6) is -0.820. The molecule has 4 rings (SSSR count). The lowest BCUT2D eigenvalue weighted by Crippen LogP contribution is -2.03. The Morgan fingerprint density at radius 3 is 2.65 bits per heavy atom. The van der Waals surface area contributed by atoms with Crippen molar-refractivity contribution >= 4 is 28.5 Å². The normalized spacial score (nSPS) is 12.1. The van der Waals surface area contributed by atoms with Gasteiger partial charge in [0.25, 0.3) is 0 Å². The average Bonchev–Trinajstić information content (AvgIpc) is 2.95. The quantitative estimate of drug-likeness (QED) is 0.724. The van der Waals surface area contributed by atoms with E-state index in [1.807, 2.05) is 24.3 Å². The van der Waals surface area contributed by atoms with Gasteiger partial charge in [-0.25, -0.2) is 4.79 Å². The fourth-order valence-corrected chi connectivity index (χ4v) is 2.45. The molecule has 0 saturated carbocycles. The van der Waals surface area contributed by atoms with E-state index < -0.39 is 5.97 Å². The predicted molar refractivity (Wildman–Crippen MR) is 87.5 cm³/mol. The molecule has 23 heavy (non-hydrogen) atoms. The fraction of sp³-hybridized carbons (Fsp3) is 0.0556. The van der Waals surface area contributed by atoms with Crippen LogP contribution in [0.1, 0.15) is 15.9 Å². The van der Waals surface area contributed by atoms with Gasteiger partial charge in [0.15, 0.2) is 0 Å². The highest BCUT2D eigenvalue weighted by Gasteiger charge is 2.15. The summed E-state index contributed by atoms with van der Waals surface area (Å²) in [5, 5.41) is 12.3. The zero-order valence-electron chi connectivity index (χ0n) is 12.2. The van der Waals surface area contributed by atoms with Gasteiger partial charge in [-0.2, -0.15) is 0 Å².